The first kappa shape index (κ1) is 15.1. The Morgan fingerprint density at radius 2 is 1.86 bits per heavy atom. The number of halogens is 4. The molecule has 0 saturated carbocycles. The molecule has 21 heavy (non-hydrogen) atoms. The van der Waals surface area contributed by atoms with Crippen molar-refractivity contribution in [1.82, 2.24) is 4.98 Å². The van der Waals surface area contributed by atoms with Gasteiger partial charge < -0.3 is 0 Å². The number of benzene rings is 1. The molecule has 5 heteroatoms. The number of allylic oxidation sites excluding steroid dienone is 1. The van der Waals surface area contributed by atoms with E-state index in [0.29, 0.717) is 16.7 Å². The topological polar surface area (TPSA) is 12.9 Å². The van der Waals surface area contributed by atoms with Gasteiger partial charge in [-0.1, -0.05) is 41.6 Å². The Hall–Kier alpha value is -2.25. The Balaban J connectivity index is 2.37. The van der Waals surface area contributed by atoms with E-state index in [4.69, 9.17) is 11.6 Å². The number of hydrogen-bond acceptors (Lipinski definition) is 1. The van der Waals surface area contributed by atoms with Gasteiger partial charge in [-0.25, -0.2) is 0 Å². The minimum absolute atomic E-state index is 0.316. The Morgan fingerprint density at radius 3 is 2.52 bits per heavy atom. The summed E-state index contributed by atoms with van der Waals surface area (Å²) in [5, 5.41) is -1.18. The first-order chi connectivity index (χ1) is 9.97. The highest BCUT2D eigenvalue weighted by Gasteiger charge is 2.32. The third kappa shape index (κ3) is 4.37. The minimum Gasteiger partial charge on any atom is -0.263 e. The number of aromatic nitrogens is 1. The molecule has 1 nitrogen and oxygen atoms in total. The lowest BCUT2D eigenvalue weighted by molar-refractivity contribution is -0.0836. The van der Waals surface area contributed by atoms with Crippen LogP contribution in [0.5, 0.6) is 0 Å². The Morgan fingerprint density at radius 1 is 1.10 bits per heavy atom. The molecule has 0 spiro atoms. The SMILES string of the molecule is FC(F)(F)/C(Cl)=C/c1ccccc1C#Cc1cccnc1. The molecule has 0 radical (unpaired) electrons. The molecule has 0 aliphatic heterocycles. The standard InChI is InChI=1S/C16H9ClF3N/c17-15(16(18,19)20)10-14-6-2-1-5-13(14)8-7-12-4-3-9-21-11-12/h1-6,9-11H/b15-10-. The maximum absolute atomic E-state index is 12.5. The molecule has 0 unspecified atom stereocenters. The minimum atomic E-state index is -4.56. The maximum Gasteiger partial charge on any atom is 0.426 e. The van der Waals surface area contributed by atoms with Gasteiger partial charge in [-0.3, -0.25) is 4.98 Å². The lowest BCUT2D eigenvalue weighted by atomic mass is 10.1. The van der Waals surface area contributed by atoms with E-state index in [1.807, 2.05) is 0 Å². The Labute approximate surface area is 125 Å². The lowest BCUT2D eigenvalue weighted by Crippen LogP contribution is -2.06. The quantitative estimate of drug-likeness (QED) is 0.700. The van der Waals surface area contributed by atoms with Crippen LogP contribution in [0, 0.1) is 11.8 Å². The molecule has 2 rings (SSSR count). The summed E-state index contributed by atoms with van der Waals surface area (Å²) in [6.07, 6.45) is -0.501. The number of rotatable bonds is 1. The lowest BCUT2D eigenvalue weighted by Gasteiger charge is -2.05. The summed E-state index contributed by atoms with van der Waals surface area (Å²) in [5.41, 5.74) is 1.46. The summed E-state index contributed by atoms with van der Waals surface area (Å²) in [6.45, 7) is 0. The number of nitrogens with zero attached hydrogens (tertiary/aromatic N) is 1. The fraction of sp³-hybridized carbons (Fsp3) is 0.0625. The average Bonchev–Trinajstić information content (AvgIpc) is 2.46. The van der Waals surface area contributed by atoms with Gasteiger partial charge in [-0.05, 0) is 29.8 Å². The molecule has 1 aromatic carbocycles. The maximum atomic E-state index is 12.5. The zero-order chi connectivity index (χ0) is 15.3. The highest BCUT2D eigenvalue weighted by molar-refractivity contribution is 6.32. The predicted molar refractivity (Wildman–Crippen MR) is 76.5 cm³/mol. The molecule has 0 amide bonds. The number of pyridine rings is 1. The van der Waals surface area contributed by atoms with Crippen LogP contribution in [-0.2, 0) is 0 Å². The van der Waals surface area contributed by atoms with Gasteiger partial charge in [0.15, 0.2) is 0 Å². The summed E-state index contributed by atoms with van der Waals surface area (Å²) in [5.74, 6) is 5.67. The number of hydrogen-bond donors (Lipinski definition) is 0. The van der Waals surface area contributed by atoms with Crippen molar-refractivity contribution in [1.29, 1.82) is 0 Å². The molecule has 0 aliphatic rings. The van der Waals surface area contributed by atoms with Crippen molar-refractivity contribution in [2.45, 2.75) is 6.18 Å². The molecule has 0 N–H and O–H groups in total. The third-order valence-corrected chi connectivity index (χ3v) is 2.84. The molecule has 0 fully saturated rings. The van der Waals surface area contributed by atoms with E-state index in [-0.39, 0.29) is 0 Å². The molecule has 106 valence electrons. The van der Waals surface area contributed by atoms with E-state index < -0.39 is 11.2 Å². The molecular weight excluding hydrogens is 299 g/mol. The molecule has 1 aromatic heterocycles. The van der Waals surface area contributed by atoms with Crippen molar-refractivity contribution in [3.05, 3.63) is 70.5 Å². The van der Waals surface area contributed by atoms with Crippen LogP contribution in [0.3, 0.4) is 0 Å². The largest absolute Gasteiger partial charge is 0.426 e. The van der Waals surface area contributed by atoms with Crippen LogP contribution in [0.4, 0.5) is 13.2 Å². The molecule has 0 atom stereocenters. The van der Waals surface area contributed by atoms with Gasteiger partial charge in [0.1, 0.15) is 5.03 Å². The van der Waals surface area contributed by atoms with E-state index in [1.54, 1.807) is 42.7 Å². The van der Waals surface area contributed by atoms with Crippen LogP contribution in [0.25, 0.3) is 6.08 Å². The van der Waals surface area contributed by atoms with Gasteiger partial charge in [-0.2, -0.15) is 13.2 Å². The van der Waals surface area contributed by atoms with Gasteiger partial charge in [0.25, 0.3) is 0 Å². The van der Waals surface area contributed by atoms with Crippen LogP contribution in [0.15, 0.2) is 53.8 Å². The zero-order valence-electron chi connectivity index (χ0n) is 10.7. The fourth-order valence-electron chi connectivity index (χ4n) is 1.53. The van der Waals surface area contributed by atoms with Crippen molar-refractivity contribution in [2.24, 2.45) is 0 Å². The molecular formula is C16H9ClF3N. The summed E-state index contributed by atoms with van der Waals surface area (Å²) < 4.78 is 37.4. The molecule has 1 heterocycles. The highest BCUT2D eigenvalue weighted by Crippen LogP contribution is 2.30. The van der Waals surface area contributed by atoms with Crippen molar-refractivity contribution >= 4 is 17.7 Å². The fourth-order valence-corrected chi connectivity index (χ4v) is 1.65. The highest BCUT2D eigenvalue weighted by atomic mass is 35.5. The zero-order valence-corrected chi connectivity index (χ0v) is 11.4. The van der Waals surface area contributed by atoms with Crippen molar-refractivity contribution in [3.63, 3.8) is 0 Å². The predicted octanol–water partition coefficient (Wildman–Crippen LogP) is 4.62. The third-order valence-electron chi connectivity index (χ3n) is 2.52. The molecule has 2 aromatic rings. The van der Waals surface area contributed by atoms with E-state index in [0.717, 1.165) is 6.08 Å². The van der Waals surface area contributed by atoms with Crippen molar-refractivity contribution < 1.29 is 13.2 Å². The summed E-state index contributed by atoms with van der Waals surface area (Å²) in [4.78, 5) is 3.92. The molecule has 0 aliphatic carbocycles. The van der Waals surface area contributed by atoms with Crippen molar-refractivity contribution in [3.8, 4) is 11.8 Å². The van der Waals surface area contributed by atoms with Crippen LogP contribution in [-0.4, -0.2) is 11.2 Å². The molecule has 0 saturated heterocycles. The second-order valence-electron chi connectivity index (χ2n) is 4.07. The van der Waals surface area contributed by atoms with E-state index >= 15 is 0 Å². The van der Waals surface area contributed by atoms with Gasteiger partial charge in [0.2, 0.25) is 0 Å². The second-order valence-corrected chi connectivity index (χ2v) is 4.48. The first-order valence-corrected chi connectivity index (χ1v) is 6.30. The summed E-state index contributed by atoms with van der Waals surface area (Å²) in [6, 6.07) is 9.99. The summed E-state index contributed by atoms with van der Waals surface area (Å²) >= 11 is 5.26. The van der Waals surface area contributed by atoms with Gasteiger partial charge in [0, 0.05) is 23.5 Å². The Bertz CT molecular complexity index is 710. The average molecular weight is 308 g/mol. The monoisotopic (exact) mass is 307 g/mol. The number of alkyl halides is 3. The van der Waals surface area contributed by atoms with Gasteiger partial charge >= 0.3 is 6.18 Å². The van der Waals surface area contributed by atoms with E-state index in [2.05, 4.69) is 16.8 Å². The van der Waals surface area contributed by atoms with E-state index in [1.165, 1.54) is 6.07 Å². The Kier molecular flexibility index (Phi) is 4.66. The van der Waals surface area contributed by atoms with Gasteiger partial charge in [0.05, 0.1) is 0 Å². The van der Waals surface area contributed by atoms with Crippen molar-refractivity contribution in [2.75, 3.05) is 0 Å². The van der Waals surface area contributed by atoms with Gasteiger partial charge in [-0.15, -0.1) is 0 Å². The van der Waals surface area contributed by atoms with Crippen LogP contribution >= 0.6 is 11.6 Å². The normalized spacial score (nSPS) is 11.7. The second kappa shape index (κ2) is 6.47. The summed E-state index contributed by atoms with van der Waals surface area (Å²) in [7, 11) is 0. The molecule has 0 bridgehead atoms. The van der Waals surface area contributed by atoms with Crippen LogP contribution < -0.4 is 0 Å². The first-order valence-electron chi connectivity index (χ1n) is 5.92. The van der Waals surface area contributed by atoms with Crippen LogP contribution in [0.1, 0.15) is 16.7 Å². The smallest absolute Gasteiger partial charge is 0.263 e. The van der Waals surface area contributed by atoms with E-state index in [9.17, 15) is 13.2 Å². The van der Waals surface area contributed by atoms with Crippen LogP contribution in [0.2, 0.25) is 0 Å².